The van der Waals surface area contributed by atoms with Crippen LogP contribution in [0.3, 0.4) is 0 Å². The molecule has 0 spiro atoms. The fourth-order valence-corrected chi connectivity index (χ4v) is 3.57. The minimum atomic E-state index is -4.63. The number of morpholine rings is 1. The average molecular weight is 422 g/mol. The highest BCUT2D eigenvalue weighted by atomic mass is 19.4. The predicted molar refractivity (Wildman–Crippen MR) is 100 cm³/mol. The summed E-state index contributed by atoms with van der Waals surface area (Å²) in [4.78, 5) is 21.9. The standard InChI is InChI=1S/C20H18F4N4O2/c1-2-28-15-5-6-25-16(17(15)26-19(28)20(22,23)24)12-3-4-13(14(21)11-12)18(29)27-7-9-30-10-8-27/h3-6,11H,2,7-10H2,1H3. The molecule has 4 rings (SSSR count). The fourth-order valence-electron chi connectivity index (χ4n) is 3.57. The first kappa shape index (κ1) is 20.3. The number of imidazole rings is 1. The largest absolute Gasteiger partial charge is 0.449 e. The quantitative estimate of drug-likeness (QED) is 0.604. The molecule has 0 aliphatic carbocycles. The van der Waals surface area contributed by atoms with Crippen molar-refractivity contribution in [3.8, 4) is 11.3 Å². The molecule has 30 heavy (non-hydrogen) atoms. The number of benzene rings is 1. The van der Waals surface area contributed by atoms with Gasteiger partial charge in [0.05, 0.1) is 30.0 Å². The first-order chi connectivity index (χ1) is 14.3. The highest BCUT2D eigenvalue weighted by Gasteiger charge is 2.37. The minimum Gasteiger partial charge on any atom is -0.378 e. The highest BCUT2D eigenvalue weighted by Crippen LogP contribution is 2.34. The summed E-state index contributed by atoms with van der Waals surface area (Å²) in [6, 6.07) is 5.34. The molecule has 0 radical (unpaired) electrons. The lowest BCUT2D eigenvalue weighted by atomic mass is 10.1. The van der Waals surface area contributed by atoms with E-state index in [1.54, 1.807) is 6.92 Å². The van der Waals surface area contributed by atoms with Crippen molar-refractivity contribution >= 4 is 16.9 Å². The van der Waals surface area contributed by atoms with Crippen LogP contribution in [-0.4, -0.2) is 51.6 Å². The molecule has 0 atom stereocenters. The molecule has 1 saturated heterocycles. The van der Waals surface area contributed by atoms with Gasteiger partial charge in [0.25, 0.3) is 5.91 Å². The summed E-state index contributed by atoms with van der Waals surface area (Å²) in [5, 5.41) is 0. The average Bonchev–Trinajstić information content (AvgIpc) is 3.13. The van der Waals surface area contributed by atoms with E-state index in [-0.39, 0.29) is 34.4 Å². The summed E-state index contributed by atoms with van der Waals surface area (Å²) >= 11 is 0. The second-order valence-electron chi connectivity index (χ2n) is 6.80. The number of hydrogen-bond acceptors (Lipinski definition) is 4. The summed E-state index contributed by atoms with van der Waals surface area (Å²) in [7, 11) is 0. The van der Waals surface area contributed by atoms with Crippen LogP contribution in [0.5, 0.6) is 0 Å². The van der Waals surface area contributed by atoms with Crippen LogP contribution in [-0.2, 0) is 17.5 Å². The van der Waals surface area contributed by atoms with Crippen molar-refractivity contribution in [2.45, 2.75) is 19.6 Å². The van der Waals surface area contributed by atoms with E-state index in [9.17, 15) is 22.4 Å². The molecule has 3 heterocycles. The molecule has 0 bridgehead atoms. The van der Waals surface area contributed by atoms with E-state index in [2.05, 4.69) is 9.97 Å². The van der Waals surface area contributed by atoms with Crippen LogP contribution in [0.1, 0.15) is 23.1 Å². The Bertz CT molecular complexity index is 1100. The number of hydrogen-bond donors (Lipinski definition) is 0. The highest BCUT2D eigenvalue weighted by molar-refractivity contribution is 5.96. The van der Waals surface area contributed by atoms with Crippen molar-refractivity contribution in [1.29, 1.82) is 0 Å². The van der Waals surface area contributed by atoms with Crippen molar-refractivity contribution in [3.05, 3.63) is 47.7 Å². The van der Waals surface area contributed by atoms with Gasteiger partial charge < -0.3 is 14.2 Å². The van der Waals surface area contributed by atoms with E-state index in [0.717, 1.165) is 10.6 Å². The zero-order valence-electron chi connectivity index (χ0n) is 16.0. The lowest BCUT2D eigenvalue weighted by Gasteiger charge is -2.27. The molecule has 0 unspecified atom stereocenters. The van der Waals surface area contributed by atoms with Crippen molar-refractivity contribution in [2.75, 3.05) is 26.3 Å². The summed E-state index contributed by atoms with van der Waals surface area (Å²) < 4.78 is 61.1. The summed E-state index contributed by atoms with van der Waals surface area (Å²) in [5.74, 6) is -2.26. The number of amides is 1. The van der Waals surface area contributed by atoms with Gasteiger partial charge in [0, 0.05) is 31.4 Å². The summed E-state index contributed by atoms with van der Waals surface area (Å²) in [6.45, 7) is 3.17. The topological polar surface area (TPSA) is 60.2 Å². The third-order valence-corrected chi connectivity index (χ3v) is 5.01. The number of ether oxygens (including phenoxy) is 1. The van der Waals surface area contributed by atoms with E-state index in [4.69, 9.17) is 4.74 Å². The first-order valence-electron chi connectivity index (χ1n) is 9.40. The molecule has 1 fully saturated rings. The van der Waals surface area contributed by atoms with Crippen LogP contribution in [0.4, 0.5) is 17.6 Å². The molecule has 3 aromatic rings. The third kappa shape index (κ3) is 3.51. The van der Waals surface area contributed by atoms with Crippen LogP contribution in [0.2, 0.25) is 0 Å². The molecular weight excluding hydrogens is 404 g/mol. The molecule has 2 aromatic heterocycles. The zero-order valence-corrected chi connectivity index (χ0v) is 16.0. The fraction of sp³-hybridized carbons (Fsp3) is 0.350. The maximum Gasteiger partial charge on any atom is 0.449 e. The zero-order chi connectivity index (χ0) is 21.5. The van der Waals surface area contributed by atoms with Gasteiger partial charge in [-0.1, -0.05) is 6.07 Å². The second kappa shape index (κ2) is 7.67. The lowest BCUT2D eigenvalue weighted by Crippen LogP contribution is -2.41. The molecule has 10 heteroatoms. The Balaban J connectivity index is 1.76. The van der Waals surface area contributed by atoms with E-state index in [1.807, 2.05) is 0 Å². The van der Waals surface area contributed by atoms with Gasteiger partial charge in [-0.25, -0.2) is 9.37 Å². The number of pyridine rings is 1. The Morgan fingerprint density at radius 3 is 2.57 bits per heavy atom. The van der Waals surface area contributed by atoms with E-state index in [0.29, 0.717) is 26.3 Å². The number of aryl methyl sites for hydroxylation is 1. The number of halogens is 4. The van der Waals surface area contributed by atoms with E-state index >= 15 is 0 Å². The normalized spacial score (nSPS) is 15.0. The second-order valence-corrected chi connectivity index (χ2v) is 6.80. The number of aromatic nitrogens is 3. The molecule has 1 aliphatic rings. The molecular formula is C20H18F4N4O2. The predicted octanol–water partition coefficient (Wildman–Crippen LogP) is 3.75. The number of fused-ring (bicyclic) bond motifs is 1. The van der Waals surface area contributed by atoms with Crippen molar-refractivity contribution in [3.63, 3.8) is 0 Å². The van der Waals surface area contributed by atoms with E-state index in [1.165, 1.54) is 29.3 Å². The Kier molecular flexibility index (Phi) is 5.19. The maximum absolute atomic E-state index is 14.8. The first-order valence-corrected chi connectivity index (χ1v) is 9.40. The molecule has 0 saturated carbocycles. The smallest absolute Gasteiger partial charge is 0.378 e. The van der Waals surface area contributed by atoms with E-state index < -0.39 is 23.7 Å². The van der Waals surface area contributed by atoms with Crippen molar-refractivity contribution < 1.29 is 27.1 Å². The number of carbonyl (C=O) groups is 1. The van der Waals surface area contributed by atoms with Gasteiger partial charge in [0.1, 0.15) is 11.3 Å². The summed E-state index contributed by atoms with van der Waals surface area (Å²) in [5.41, 5.74) is 0.533. The van der Waals surface area contributed by atoms with Gasteiger partial charge in [-0.15, -0.1) is 0 Å². The Morgan fingerprint density at radius 2 is 1.93 bits per heavy atom. The van der Waals surface area contributed by atoms with Gasteiger partial charge in [-0.2, -0.15) is 13.2 Å². The lowest BCUT2D eigenvalue weighted by molar-refractivity contribution is -0.146. The molecule has 1 aliphatic heterocycles. The number of rotatable bonds is 3. The van der Waals surface area contributed by atoms with Crippen LogP contribution in [0, 0.1) is 5.82 Å². The van der Waals surface area contributed by atoms with Crippen molar-refractivity contribution in [1.82, 2.24) is 19.4 Å². The van der Waals surface area contributed by atoms with Gasteiger partial charge in [-0.05, 0) is 25.1 Å². The molecule has 6 nitrogen and oxygen atoms in total. The Morgan fingerprint density at radius 1 is 1.20 bits per heavy atom. The summed E-state index contributed by atoms with van der Waals surface area (Å²) in [6.07, 6.45) is -3.28. The number of alkyl halides is 3. The maximum atomic E-state index is 14.8. The molecule has 158 valence electrons. The SMILES string of the molecule is CCn1c(C(F)(F)F)nc2c(-c3ccc(C(=O)N4CCOCC4)c(F)c3)nccc21. The van der Waals surface area contributed by atoms with Gasteiger partial charge in [0.15, 0.2) is 0 Å². The van der Waals surface area contributed by atoms with Crippen LogP contribution >= 0.6 is 0 Å². The van der Waals surface area contributed by atoms with Crippen molar-refractivity contribution in [2.24, 2.45) is 0 Å². The number of carbonyl (C=O) groups excluding carboxylic acids is 1. The van der Waals surface area contributed by atoms with Gasteiger partial charge >= 0.3 is 6.18 Å². The third-order valence-electron chi connectivity index (χ3n) is 5.01. The molecule has 1 aromatic carbocycles. The Hall–Kier alpha value is -3.01. The van der Waals surface area contributed by atoms with Gasteiger partial charge in [-0.3, -0.25) is 9.78 Å². The Labute approximate surface area is 169 Å². The molecule has 1 amide bonds. The minimum absolute atomic E-state index is 0.0262. The van der Waals surface area contributed by atoms with Gasteiger partial charge in [0.2, 0.25) is 5.82 Å². The van der Waals surface area contributed by atoms with Crippen LogP contribution in [0.25, 0.3) is 22.3 Å². The molecule has 0 N–H and O–H groups in total. The monoisotopic (exact) mass is 422 g/mol. The number of nitrogens with zero attached hydrogens (tertiary/aromatic N) is 4. The van der Waals surface area contributed by atoms with Crippen LogP contribution in [0.15, 0.2) is 30.5 Å². The van der Waals surface area contributed by atoms with Crippen LogP contribution < -0.4 is 0 Å².